The first-order valence-corrected chi connectivity index (χ1v) is 12.9. The van der Waals surface area contributed by atoms with Gasteiger partial charge in [0.1, 0.15) is 6.54 Å². The predicted molar refractivity (Wildman–Crippen MR) is 135 cm³/mol. The van der Waals surface area contributed by atoms with E-state index in [0.717, 1.165) is 29.7 Å². The predicted octanol–water partition coefficient (Wildman–Crippen LogP) is 3.97. The molecule has 6 rings (SSSR count). The summed E-state index contributed by atoms with van der Waals surface area (Å²) in [5.41, 5.74) is 3.53. The van der Waals surface area contributed by atoms with Gasteiger partial charge in [0, 0.05) is 17.2 Å². The van der Waals surface area contributed by atoms with Gasteiger partial charge in [-0.3, -0.25) is 24.1 Å². The van der Waals surface area contributed by atoms with Crippen molar-refractivity contribution in [2.24, 2.45) is 5.92 Å². The summed E-state index contributed by atoms with van der Waals surface area (Å²) in [4.78, 5) is 58.5. The number of anilines is 2. The van der Waals surface area contributed by atoms with Crippen LogP contribution in [0.15, 0.2) is 65.7 Å². The Kier molecular flexibility index (Phi) is 5.70. The van der Waals surface area contributed by atoms with Crippen molar-refractivity contribution in [3.63, 3.8) is 0 Å². The molecule has 2 unspecified atom stereocenters. The van der Waals surface area contributed by atoms with Gasteiger partial charge in [-0.25, -0.2) is 0 Å². The maximum atomic E-state index is 13.9. The SMILES string of the molecule is O=C1C2=C(CCCC2)C(=O)N1CC(=O)N1c2ccccc2N(Cc2ccccc2)C(=O)C2CCCC21. The van der Waals surface area contributed by atoms with Crippen LogP contribution in [0.2, 0.25) is 0 Å². The Morgan fingerprint density at radius 3 is 2.08 bits per heavy atom. The number of fused-ring (bicyclic) bond motifs is 2. The van der Waals surface area contributed by atoms with E-state index in [4.69, 9.17) is 0 Å². The lowest BCUT2D eigenvalue weighted by atomic mass is 9.93. The quantitative estimate of drug-likeness (QED) is 0.617. The number of carbonyl (C=O) groups excluding carboxylic acids is 4. The molecule has 184 valence electrons. The molecule has 0 radical (unpaired) electrons. The van der Waals surface area contributed by atoms with Crippen LogP contribution in [0.3, 0.4) is 0 Å². The van der Waals surface area contributed by atoms with E-state index in [9.17, 15) is 19.2 Å². The van der Waals surface area contributed by atoms with Crippen LogP contribution in [0.25, 0.3) is 0 Å². The van der Waals surface area contributed by atoms with Crippen molar-refractivity contribution in [3.8, 4) is 0 Å². The van der Waals surface area contributed by atoms with E-state index < -0.39 is 0 Å². The molecule has 0 N–H and O–H groups in total. The highest BCUT2D eigenvalue weighted by atomic mass is 16.2. The van der Waals surface area contributed by atoms with Gasteiger partial charge in [-0.1, -0.05) is 48.9 Å². The van der Waals surface area contributed by atoms with E-state index >= 15 is 0 Å². The van der Waals surface area contributed by atoms with Crippen LogP contribution in [0, 0.1) is 5.92 Å². The average molecular weight is 484 g/mol. The van der Waals surface area contributed by atoms with Crippen LogP contribution < -0.4 is 9.80 Å². The van der Waals surface area contributed by atoms with E-state index in [1.807, 2.05) is 54.6 Å². The zero-order chi connectivity index (χ0) is 24.8. The monoisotopic (exact) mass is 483 g/mol. The maximum absolute atomic E-state index is 13.9. The number of carbonyl (C=O) groups is 4. The molecule has 1 saturated carbocycles. The molecule has 7 nitrogen and oxygen atoms in total. The van der Waals surface area contributed by atoms with Gasteiger partial charge in [0.2, 0.25) is 11.8 Å². The molecule has 4 amide bonds. The highest BCUT2D eigenvalue weighted by molar-refractivity contribution is 6.21. The number of benzene rings is 2. The Balaban J connectivity index is 1.35. The minimum absolute atomic E-state index is 0.0227. The molecule has 0 saturated heterocycles. The third kappa shape index (κ3) is 3.65. The number of amides is 4. The number of imide groups is 1. The first-order valence-electron chi connectivity index (χ1n) is 12.9. The standard InChI is InChI=1S/C29H29N3O4/c33-26(18-31-27(34)20-11-4-5-12-21(20)28(31)35)32-23-16-8-13-22(23)29(36)30(17-19-9-2-1-3-10-19)24-14-6-7-15-25(24)32/h1-3,6-7,9-10,14-15,22-23H,4-5,8,11-13,16-18H2. The summed E-state index contributed by atoms with van der Waals surface area (Å²) in [7, 11) is 0. The van der Waals surface area contributed by atoms with Gasteiger partial charge in [-0.2, -0.15) is 0 Å². The van der Waals surface area contributed by atoms with Gasteiger partial charge in [-0.15, -0.1) is 0 Å². The van der Waals surface area contributed by atoms with Gasteiger partial charge in [0.25, 0.3) is 11.8 Å². The van der Waals surface area contributed by atoms with Crippen LogP contribution in [-0.4, -0.2) is 41.1 Å². The molecule has 2 atom stereocenters. The zero-order valence-corrected chi connectivity index (χ0v) is 20.2. The average Bonchev–Trinajstić information content (AvgIpc) is 3.45. The second-order valence-corrected chi connectivity index (χ2v) is 10.1. The van der Waals surface area contributed by atoms with Crippen molar-refractivity contribution < 1.29 is 19.2 Å². The van der Waals surface area contributed by atoms with Crippen molar-refractivity contribution >= 4 is 35.0 Å². The molecular formula is C29H29N3O4. The van der Waals surface area contributed by atoms with Gasteiger partial charge < -0.3 is 9.80 Å². The van der Waals surface area contributed by atoms with E-state index in [2.05, 4.69) is 0 Å². The van der Waals surface area contributed by atoms with Crippen LogP contribution in [0.1, 0.15) is 50.5 Å². The van der Waals surface area contributed by atoms with Crippen LogP contribution in [0.5, 0.6) is 0 Å². The van der Waals surface area contributed by atoms with Gasteiger partial charge >= 0.3 is 0 Å². The molecule has 36 heavy (non-hydrogen) atoms. The Hall–Kier alpha value is -3.74. The topological polar surface area (TPSA) is 78.0 Å². The molecule has 0 spiro atoms. The van der Waals surface area contributed by atoms with Crippen molar-refractivity contribution in [1.82, 2.24) is 4.90 Å². The van der Waals surface area contributed by atoms with Crippen molar-refractivity contribution in [3.05, 3.63) is 71.3 Å². The zero-order valence-electron chi connectivity index (χ0n) is 20.2. The van der Waals surface area contributed by atoms with E-state index in [0.29, 0.717) is 54.7 Å². The molecule has 2 aliphatic carbocycles. The minimum atomic E-state index is -0.323. The summed E-state index contributed by atoms with van der Waals surface area (Å²) in [6.07, 6.45) is 5.26. The number of hydrogen-bond donors (Lipinski definition) is 0. The molecule has 2 aliphatic heterocycles. The van der Waals surface area contributed by atoms with Gasteiger partial charge in [0.15, 0.2) is 0 Å². The number of para-hydroxylation sites is 2. The minimum Gasteiger partial charge on any atom is -0.306 e. The van der Waals surface area contributed by atoms with E-state index in [-0.39, 0.29) is 42.1 Å². The van der Waals surface area contributed by atoms with Gasteiger partial charge in [-0.05, 0) is 56.2 Å². The summed E-state index contributed by atoms with van der Waals surface area (Å²) >= 11 is 0. The number of nitrogens with zero attached hydrogens (tertiary/aromatic N) is 3. The van der Waals surface area contributed by atoms with E-state index in [1.54, 1.807) is 9.80 Å². The molecule has 7 heteroatoms. The molecule has 4 aliphatic rings. The largest absolute Gasteiger partial charge is 0.306 e. The summed E-state index contributed by atoms with van der Waals surface area (Å²) in [6.45, 7) is 0.122. The first kappa shape index (κ1) is 22.7. The normalized spacial score (nSPS) is 23.6. The number of rotatable bonds is 4. The van der Waals surface area contributed by atoms with Crippen molar-refractivity contribution in [1.29, 1.82) is 0 Å². The number of hydrogen-bond acceptors (Lipinski definition) is 4. The van der Waals surface area contributed by atoms with Crippen molar-refractivity contribution in [2.45, 2.75) is 57.5 Å². The second kappa shape index (κ2) is 9.04. The summed E-state index contributed by atoms with van der Waals surface area (Å²) in [5, 5.41) is 0. The Bertz CT molecular complexity index is 1260. The van der Waals surface area contributed by atoms with Crippen LogP contribution in [0.4, 0.5) is 11.4 Å². The fourth-order valence-electron chi connectivity index (χ4n) is 6.33. The molecule has 2 aromatic carbocycles. The van der Waals surface area contributed by atoms with E-state index in [1.165, 1.54) is 0 Å². The Labute approximate surface area is 210 Å². The fourth-order valence-corrected chi connectivity index (χ4v) is 6.33. The Morgan fingerprint density at radius 2 is 1.39 bits per heavy atom. The lowest BCUT2D eigenvalue weighted by molar-refractivity contribution is -0.141. The molecule has 2 heterocycles. The third-order valence-corrected chi connectivity index (χ3v) is 8.05. The summed E-state index contributed by atoms with van der Waals surface area (Å²) in [5.74, 6) is -1.25. The van der Waals surface area contributed by atoms with Gasteiger partial charge in [0.05, 0.1) is 23.8 Å². The second-order valence-electron chi connectivity index (χ2n) is 10.1. The molecule has 0 bridgehead atoms. The lowest BCUT2D eigenvalue weighted by Gasteiger charge is -2.31. The smallest absolute Gasteiger partial charge is 0.257 e. The molecule has 1 fully saturated rings. The van der Waals surface area contributed by atoms with Crippen LogP contribution in [-0.2, 0) is 25.7 Å². The summed E-state index contributed by atoms with van der Waals surface area (Å²) in [6, 6.07) is 17.0. The first-order chi connectivity index (χ1) is 17.5. The maximum Gasteiger partial charge on any atom is 0.257 e. The highest BCUT2D eigenvalue weighted by Gasteiger charge is 2.47. The summed E-state index contributed by atoms with van der Waals surface area (Å²) < 4.78 is 0. The highest BCUT2D eigenvalue weighted by Crippen LogP contribution is 2.43. The molecule has 2 aromatic rings. The third-order valence-electron chi connectivity index (χ3n) is 8.05. The fraction of sp³-hybridized carbons (Fsp3) is 0.379. The molecule has 0 aromatic heterocycles. The van der Waals surface area contributed by atoms with Crippen LogP contribution >= 0.6 is 0 Å². The lowest BCUT2D eigenvalue weighted by Crippen LogP contribution is -2.49. The molecular weight excluding hydrogens is 454 g/mol. The Morgan fingerprint density at radius 1 is 0.750 bits per heavy atom. The van der Waals surface area contributed by atoms with Crippen molar-refractivity contribution in [2.75, 3.05) is 16.3 Å².